The molecule has 1 N–H and O–H groups in total. The Labute approximate surface area is 127 Å². The third-order valence-corrected chi connectivity index (χ3v) is 3.56. The van der Waals surface area contributed by atoms with E-state index in [-0.39, 0.29) is 0 Å². The summed E-state index contributed by atoms with van der Waals surface area (Å²) in [5.41, 5.74) is 0. The molecule has 0 radical (unpaired) electrons. The first-order chi connectivity index (χ1) is 8.70. The van der Waals surface area contributed by atoms with Crippen molar-refractivity contribution in [2.24, 2.45) is 0 Å². The smallest absolute Gasteiger partial charge is 0.238 e. The van der Waals surface area contributed by atoms with E-state index in [4.69, 9.17) is 4.74 Å². The minimum Gasteiger partial charge on any atom is -0.438 e. The van der Waals surface area contributed by atoms with E-state index in [1.165, 1.54) is 6.33 Å². The molecule has 0 saturated carbocycles. The lowest BCUT2D eigenvalue weighted by Gasteiger charge is -2.09. The molecule has 2 rings (SSSR count). The van der Waals surface area contributed by atoms with Gasteiger partial charge in [-0.05, 0) is 69.7 Å². The zero-order valence-electron chi connectivity index (χ0n) is 9.65. The fourth-order valence-corrected chi connectivity index (χ4v) is 2.12. The Bertz CT molecular complexity index is 533. The number of aromatic nitrogens is 2. The zero-order chi connectivity index (χ0) is 13.0. The molecule has 0 atom stereocenters. The Hall–Kier alpha value is -0.890. The number of halogens is 2. The molecular formula is C12H11BrIN3O. The van der Waals surface area contributed by atoms with Crippen molar-refractivity contribution in [1.29, 1.82) is 0 Å². The molecule has 0 unspecified atom stereocenters. The van der Waals surface area contributed by atoms with Crippen LogP contribution in [0.2, 0.25) is 0 Å². The first-order valence-electron chi connectivity index (χ1n) is 5.38. The van der Waals surface area contributed by atoms with Gasteiger partial charge in [0.15, 0.2) is 0 Å². The molecule has 0 fully saturated rings. The monoisotopic (exact) mass is 419 g/mol. The molecule has 0 aliphatic heterocycles. The number of benzene rings is 1. The van der Waals surface area contributed by atoms with Crippen LogP contribution in [-0.4, -0.2) is 16.5 Å². The van der Waals surface area contributed by atoms with Gasteiger partial charge in [-0.1, -0.05) is 0 Å². The molecule has 4 nitrogen and oxygen atoms in total. The minimum absolute atomic E-state index is 0.502. The van der Waals surface area contributed by atoms with E-state index in [2.05, 4.69) is 53.8 Å². The van der Waals surface area contributed by atoms with Crippen LogP contribution in [0.1, 0.15) is 6.92 Å². The van der Waals surface area contributed by atoms with Crippen molar-refractivity contribution in [3.63, 3.8) is 0 Å². The molecule has 0 aliphatic rings. The average Bonchev–Trinajstić information content (AvgIpc) is 2.37. The predicted molar refractivity (Wildman–Crippen MR) is 83.1 cm³/mol. The highest BCUT2D eigenvalue weighted by Crippen LogP contribution is 2.31. The number of rotatable bonds is 4. The van der Waals surface area contributed by atoms with Crippen molar-refractivity contribution < 1.29 is 4.74 Å². The van der Waals surface area contributed by atoms with Crippen LogP contribution in [0.4, 0.5) is 5.82 Å². The van der Waals surface area contributed by atoms with Gasteiger partial charge < -0.3 is 10.1 Å². The van der Waals surface area contributed by atoms with Gasteiger partial charge in [0.05, 0.1) is 0 Å². The van der Waals surface area contributed by atoms with Gasteiger partial charge in [0, 0.05) is 10.1 Å². The van der Waals surface area contributed by atoms with Gasteiger partial charge in [0.1, 0.15) is 22.4 Å². The molecule has 1 heterocycles. The van der Waals surface area contributed by atoms with Crippen molar-refractivity contribution in [2.75, 3.05) is 11.9 Å². The van der Waals surface area contributed by atoms with E-state index < -0.39 is 0 Å². The highest BCUT2D eigenvalue weighted by molar-refractivity contribution is 14.1. The van der Waals surface area contributed by atoms with Gasteiger partial charge in [-0.3, -0.25) is 0 Å². The van der Waals surface area contributed by atoms with Crippen LogP contribution in [0, 0.1) is 3.57 Å². The van der Waals surface area contributed by atoms with Gasteiger partial charge >= 0.3 is 0 Å². The summed E-state index contributed by atoms with van der Waals surface area (Å²) in [6, 6.07) is 7.78. The Morgan fingerprint density at radius 1 is 1.28 bits per heavy atom. The summed E-state index contributed by atoms with van der Waals surface area (Å²) in [7, 11) is 0. The van der Waals surface area contributed by atoms with Crippen LogP contribution in [-0.2, 0) is 0 Å². The molecule has 0 spiro atoms. The Morgan fingerprint density at radius 3 is 2.67 bits per heavy atom. The summed E-state index contributed by atoms with van der Waals surface area (Å²) in [5.74, 6) is 1.98. The molecule has 6 heteroatoms. The van der Waals surface area contributed by atoms with Crippen molar-refractivity contribution in [3.05, 3.63) is 38.6 Å². The summed E-state index contributed by atoms with van der Waals surface area (Å²) in [4.78, 5) is 8.25. The lowest BCUT2D eigenvalue weighted by atomic mass is 10.3. The SMILES string of the molecule is CCNc1ncnc(Oc2ccc(I)cc2)c1Br. The first kappa shape index (κ1) is 13.5. The number of hydrogen-bond acceptors (Lipinski definition) is 4. The number of nitrogens with zero attached hydrogens (tertiary/aromatic N) is 2. The van der Waals surface area contributed by atoms with Gasteiger partial charge in [-0.15, -0.1) is 0 Å². The highest BCUT2D eigenvalue weighted by atomic mass is 127. The third kappa shape index (κ3) is 3.32. The molecule has 0 saturated heterocycles. The molecule has 0 aliphatic carbocycles. The number of hydrogen-bond donors (Lipinski definition) is 1. The number of ether oxygens (including phenoxy) is 1. The predicted octanol–water partition coefficient (Wildman–Crippen LogP) is 4.07. The van der Waals surface area contributed by atoms with Crippen LogP contribution in [0.3, 0.4) is 0 Å². The topological polar surface area (TPSA) is 47.0 Å². The normalized spacial score (nSPS) is 10.2. The summed E-state index contributed by atoms with van der Waals surface area (Å²) in [5, 5.41) is 3.13. The number of anilines is 1. The maximum absolute atomic E-state index is 5.71. The van der Waals surface area contributed by atoms with Crippen LogP contribution < -0.4 is 10.1 Å². The number of nitrogens with one attached hydrogen (secondary N) is 1. The molecule has 94 valence electrons. The van der Waals surface area contributed by atoms with Gasteiger partial charge in [-0.25, -0.2) is 9.97 Å². The second-order valence-corrected chi connectivity index (χ2v) is 5.47. The maximum Gasteiger partial charge on any atom is 0.238 e. The molecule has 0 bridgehead atoms. The van der Waals surface area contributed by atoms with E-state index >= 15 is 0 Å². The Kier molecular flexibility index (Phi) is 4.76. The van der Waals surface area contributed by atoms with Crippen molar-refractivity contribution in [1.82, 2.24) is 9.97 Å². The summed E-state index contributed by atoms with van der Waals surface area (Å²) < 4.78 is 7.60. The van der Waals surface area contributed by atoms with Gasteiger partial charge in [-0.2, -0.15) is 0 Å². The highest BCUT2D eigenvalue weighted by Gasteiger charge is 2.10. The molecule has 1 aromatic heterocycles. The van der Waals surface area contributed by atoms with E-state index in [0.717, 1.165) is 26.2 Å². The molecule has 0 amide bonds. The Morgan fingerprint density at radius 2 is 2.00 bits per heavy atom. The Balaban J connectivity index is 2.23. The second kappa shape index (κ2) is 6.33. The quantitative estimate of drug-likeness (QED) is 0.759. The molecular weight excluding hydrogens is 409 g/mol. The summed E-state index contributed by atoms with van der Waals surface area (Å²) in [6.07, 6.45) is 1.48. The van der Waals surface area contributed by atoms with Crippen LogP contribution in [0.5, 0.6) is 11.6 Å². The van der Waals surface area contributed by atoms with Crippen molar-refractivity contribution in [3.8, 4) is 11.6 Å². The summed E-state index contributed by atoms with van der Waals surface area (Å²) in [6.45, 7) is 2.80. The van der Waals surface area contributed by atoms with Crippen LogP contribution >= 0.6 is 38.5 Å². The lowest BCUT2D eigenvalue weighted by Crippen LogP contribution is -2.02. The molecule has 18 heavy (non-hydrogen) atoms. The average molecular weight is 420 g/mol. The fraction of sp³-hybridized carbons (Fsp3) is 0.167. The fourth-order valence-electron chi connectivity index (χ4n) is 1.33. The van der Waals surface area contributed by atoms with E-state index in [0.29, 0.717) is 5.88 Å². The summed E-state index contributed by atoms with van der Waals surface area (Å²) >= 11 is 5.69. The third-order valence-electron chi connectivity index (χ3n) is 2.13. The van der Waals surface area contributed by atoms with Crippen LogP contribution in [0.15, 0.2) is 35.1 Å². The van der Waals surface area contributed by atoms with E-state index in [9.17, 15) is 0 Å². The molecule has 1 aromatic carbocycles. The second-order valence-electron chi connectivity index (χ2n) is 3.43. The van der Waals surface area contributed by atoms with Crippen molar-refractivity contribution in [2.45, 2.75) is 6.92 Å². The van der Waals surface area contributed by atoms with Gasteiger partial charge in [0.25, 0.3) is 0 Å². The van der Waals surface area contributed by atoms with E-state index in [1.807, 2.05) is 31.2 Å². The van der Waals surface area contributed by atoms with Crippen LogP contribution in [0.25, 0.3) is 0 Å². The van der Waals surface area contributed by atoms with E-state index in [1.54, 1.807) is 0 Å². The largest absolute Gasteiger partial charge is 0.438 e. The zero-order valence-corrected chi connectivity index (χ0v) is 13.4. The maximum atomic E-state index is 5.71. The van der Waals surface area contributed by atoms with Crippen molar-refractivity contribution >= 4 is 44.3 Å². The minimum atomic E-state index is 0.502. The standard InChI is InChI=1S/C12H11BrIN3O/c1-2-15-11-10(13)12(17-7-16-11)18-9-5-3-8(14)4-6-9/h3-7H,2H2,1H3,(H,15,16,17). The lowest BCUT2D eigenvalue weighted by molar-refractivity contribution is 0.458. The van der Waals surface area contributed by atoms with Gasteiger partial charge in [0.2, 0.25) is 5.88 Å². The first-order valence-corrected chi connectivity index (χ1v) is 7.25. The molecule has 2 aromatic rings.